The Bertz CT molecular complexity index is 532. The van der Waals surface area contributed by atoms with Crippen LogP contribution in [-0.4, -0.2) is 15.9 Å². The van der Waals surface area contributed by atoms with Crippen LogP contribution in [0, 0.1) is 0 Å². The van der Waals surface area contributed by atoms with Crippen LogP contribution >= 0.6 is 38.9 Å². The van der Waals surface area contributed by atoms with Crippen molar-refractivity contribution < 1.29 is 4.79 Å². The van der Waals surface area contributed by atoms with E-state index in [0.29, 0.717) is 16.6 Å². The van der Waals surface area contributed by atoms with Crippen molar-refractivity contribution in [2.24, 2.45) is 0 Å². The van der Waals surface area contributed by atoms with Crippen LogP contribution in [0.4, 0.5) is 0 Å². The maximum atomic E-state index is 11.8. The second kappa shape index (κ2) is 5.57. The van der Waals surface area contributed by atoms with Gasteiger partial charge in [0, 0.05) is 22.2 Å². The summed E-state index contributed by atoms with van der Waals surface area (Å²) in [5, 5.41) is 5.62. The van der Waals surface area contributed by atoms with Crippen LogP contribution in [0.2, 0.25) is 5.15 Å². The minimum absolute atomic E-state index is 0.185. The zero-order valence-corrected chi connectivity index (χ0v) is 11.6. The van der Waals surface area contributed by atoms with Gasteiger partial charge in [-0.3, -0.25) is 4.79 Å². The lowest BCUT2D eigenvalue weighted by molar-refractivity contribution is 0.0950. The lowest BCUT2D eigenvalue weighted by Gasteiger charge is -2.04. The lowest BCUT2D eigenvalue weighted by Crippen LogP contribution is -2.23. The van der Waals surface area contributed by atoms with E-state index in [2.05, 4.69) is 31.2 Å². The second-order valence-corrected chi connectivity index (χ2v) is 5.35. The largest absolute Gasteiger partial charge is 0.345 e. The summed E-state index contributed by atoms with van der Waals surface area (Å²) in [5.74, 6) is -0.265. The Labute approximate surface area is 115 Å². The summed E-state index contributed by atoms with van der Waals surface area (Å²) >= 11 is 10.6. The van der Waals surface area contributed by atoms with Gasteiger partial charge in [0.05, 0.1) is 12.1 Å². The molecule has 2 rings (SSSR count). The van der Waals surface area contributed by atoms with E-state index in [1.807, 2.05) is 5.38 Å². The van der Waals surface area contributed by atoms with E-state index in [9.17, 15) is 4.79 Å². The highest BCUT2D eigenvalue weighted by Crippen LogP contribution is 2.18. The van der Waals surface area contributed by atoms with Crippen molar-refractivity contribution >= 4 is 44.8 Å². The number of carbonyl (C=O) groups excluding carboxylic acids is 1. The van der Waals surface area contributed by atoms with Crippen molar-refractivity contribution in [1.29, 1.82) is 0 Å². The molecule has 0 atom stereocenters. The van der Waals surface area contributed by atoms with Crippen LogP contribution in [0.5, 0.6) is 0 Å². The van der Waals surface area contributed by atoms with Gasteiger partial charge in [0.1, 0.15) is 10.2 Å². The molecule has 0 aliphatic heterocycles. The number of pyridine rings is 1. The summed E-state index contributed by atoms with van der Waals surface area (Å²) < 4.78 is 0.710. The number of nitrogens with one attached hydrogen (secondary N) is 1. The smallest absolute Gasteiger partial charge is 0.254 e. The Morgan fingerprint density at radius 2 is 2.35 bits per heavy atom. The van der Waals surface area contributed by atoms with E-state index in [1.165, 1.54) is 11.3 Å². The van der Waals surface area contributed by atoms with Crippen molar-refractivity contribution in [2.45, 2.75) is 6.54 Å². The lowest BCUT2D eigenvalue weighted by atomic mass is 10.2. The Kier molecular flexibility index (Phi) is 4.09. The molecule has 2 aromatic rings. The van der Waals surface area contributed by atoms with Gasteiger partial charge in [-0.15, -0.1) is 11.3 Å². The summed E-state index contributed by atoms with van der Waals surface area (Å²) in [6, 6.07) is 1.63. The number of nitrogens with zero attached hydrogens (tertiary/aromatic N) is 2. The Balaban J connectivity index is 2.07. The standard InChI is InChI=1S/C10H7BrClN3OS/c11-6-3-7(9(12)14-4-6)10(16)15-5-8-13-1-2-17-8/h1-4H,5H2,(H,15,16). The van der Waals surface area contributed by atoms with Crippen LogP contribution in [0.3, 0.4) is 0 Å². The van der Waals surface area contributed by atoms with Gasteiger partial charge in [-0.05, 0) is 22.0 Å². The molecule has 0 unspecified atom stereocenters. The van der Waals surface area contributed by atoms with Gasteiger partial charge in [0.15, 0.2) is 0 Å². The third-order valence-electron chi connectivity index (χ3n) is 1.93. The molecular weight excluding hydrogens is 326 g/mol. The fourth-order valence-electron chi connectivity index (χ4n) is 1.17. The molecule has 0 bridgehead atoms. The predicted molar refractivity (Wildman–Crippen MR) is 70.2 cm³/mol. The van der Waals surface area contributed by atoms with E-state index < -0.39 is 0 Å². The zero-order chi connectivity index (χ0) is 12.3. The molecule has 1 amide bonds. The first-order valence-corrected chi connectivity index (χ1v) is 6.69. The molecule has 1 N–H and O–H groups in total. The molecule has 0 saturated carbocycles. The molecule has 4 nitrogen and oxygen atoms in total. The summed E-state index contributed by atoms with van der Waals surface area (Å²) in [6.45, 7) is 0.388. The summed E-state index contributed by atoms with van der Waals surface area (Å²) in [4.78, 5) is 19.8. The number of hydrogen-bond donors (Lipinski definition) is 1. The van der Waals surface area contributed by atoms with Crippen molar-refractivity contribution in [1.82, 2.24) is 15.3 Å². The highest BCUT2D eigenvalue weighted by Gasteiger charge is 2.12. The normalized spacial score (nSPS) is 10.2. The quantitative estimate of drug-likeness (QED) is 0.879. The minimum Gasteiger partial charge on any atom is -0.345 e. The highest BCUT2D eigenvalue weighted by molar-refractivity contribution is 9.10. The maximum absolute atomic E-state index is 11.8. The number of amides is 1. The van der Waals surface area contributed by atoms with Gasteiger partial charge >= 0.3 is 0 Å². The Morgan fingerprint density at radius 1 is 1.53 bits per heavy atom. The van der Waals surface area contributed by atoms with Crippen LogP contribution < -0.4 is 5.32 Å². The number of halogens is 2. The highest BCUT2D eigenvalue weighted by atomic mass is 79.9. The van der Waals surface area contributed by atoms with Gasteiger partial charge in [-0.25, -0.2) is 9.97 Å². The zero-order valence-electron chi connectivity index (χ0n) is 8.48. The molecular formula is C10H7BrClN3OS. The number of thiazole rings is 1. The van der Waals surface area contributed by atoms with Crippen molar-refractivity contribution in [3.63, 3.8) is 0 Å². The molecule has 0 spiro atoms. The topological polar surface area (TPSA) is 54.9 Å². The Morgan fingerprint density at radius 3 is 3.06 bits per heavy atom. The fourth-order valence-corrected chi connectivity index (χ4v) is 2.25. The summed E-state index contributed by atoms with van der Waals surface area (Å²) in [6.07, 6.45) is 3.24. The molecule has 2 heterocycles. The second-order valence-electron chi connectivity index (χ2n) is 3.10. The van der Waals surface area contributed by atoms with Crippen LogP contribution in [0.15, 0.2) is 28.3 Å². The molecule has 0 aliphatic rings. The number of rotatable bonds is 3. The molecule has 0 aromatic carbocycles. The SMILES string of the molecule is O=C(NCc1nccs1)c1cc(Br)cnc1Cl. The third kappa shape index (κ3) is 3.24. The fraction of sp³-hybridized carbons (Fsp3) is 0.100. The first kappa shape index (κ1) is 12.5. The van der Waals surface area contributed by atoms with Crippen molar-refractivity contribution in [2.75, 3.05) is 0 Å². The van der Waals surface area contributed by atoms with E-state index in [1.54, 1.807) is 18.5 Å². The van der Waals surface area contributed by atoms with E-state index in [0.717, 1.165) is 5.01 Å². The molecule has 17 heavy (non-hydrogen) atoms. The molecule has 0 radical (unpaired) electrons. The monoisotopic (exact) mass is 331 g/mol. The van der Waals surface area contributed by atoms with Crippen molar-refractivity contribution in [3.05, 3.63) is 44.0 Å². The Hall–Kier alpha value is -0.980. The summed E-state index contributed by atoms with van der Waals surface area (Å²) in [5.41, 5.74) is 0.345. The van der Waals surface area contributed by atoms with Gasteiger partial charge < -0.3 is 5.32 Å². The number of hydrogen-bond acceptors (Lipinski definition) is 4. The van der Waals surface area contributed by atoms with Crippen LogP contribution in [-0.2, 0) is 6.54 Å². The molecule has 0 saturated heterocycles. The maximum Gasteiger partial charge on any atom is 0.254 e. The van der Waals surface area contributed by atoms with Gasteiger partial charge in [-0.2, -0.15) is 0 Å². The van der Waals surface area contributed by atoms with E-state index >= 15 is 0 Å². The van der Waals surface area contributed by atoms with Gasteiger partial charge in [-0.1, -0.05) is 11.6 Å². The summed E-state index contributed by atoms with van der Waals surface area (Å²) in [7, 11) is 0. The molecule has 7 heteroatoms. The molecule has 88 valence electrons. The van der Waals surface area contributed by atoms with Crippen LogP contribution in [0.25, 0.3) is 0 Å². The number of aromatic nitrogens is 2. The molecule has 0 fully saturated rings. The third-order valence-corrected chi connectivity index (χ3v) is 3.45. The predicted octanol–water partition coefficient (Wildman–Crippen LogP) is 2.88. The van der Waals surface area contributed by atoms with E-state index in [4.69, 9.17) is 11.6 Å². The first-order valence-electron chi connectivity index (χ1n) is 4.64. The molecule has 0 aliphatic carbocycles. The van der Waals surface area contributed by atoms with E-state index in [-0.39, 0.29) is 11.1 Å². The van der Waals surface area contributed by atoms with Gasteiger partial charge in [0.2, 0.25) is 0 Å². The van der Waals surface area contributed by atoms with Crippen molar-refractivity contribution in [3.8, 4) is 0 Å². The van der Waals surface area contributed by atoms with Gasteiger partial charge in [0.25, 0.3) is 5.91 Å². The van der Waals surface area contributed by atoms with Crippen LogP contribution in [0.1, 0.15) is 15.4 Å². The average Bonchev–Trinajstić information content (AvgIpc) is 2.82. The average molecular weight is 333 g/mol. The number of carbonyl (C=O) groups is 1. The first-order chi connectivity index (χ1) is 8.16. The minimum atomic E-state index is -0.265. The molecule has 2 aromatic heterocycles.